The number of likely N-dealkylation sites (tertiary alicyclic amines) is 1. The van der Waals surface area contributed by atoms with Gasteiger partial charge in [0.25, 0.3) is 0 Å². The number of carbonyl (C=O) groups is 1. The number of ether oxygens (including phenoxy) is 1. The van der Waals surface area contributed by atoms with Crippen LogP contribution >= 0.6 is 0 Å². The molecule has 0 bridgehead atoms. The predicted molar refractivity (Wildman–Crippen MR) is 69.5 cm³/mol. The number of rotatable bonds is 3. The molecule has 2 aliphatic heterocycles. The van der Waals surface area contributed by atoms with Gasteiger partial charge in [0.2, 0.25) is 0 Å². The van der Waals surface area contributed by atoms with Gasteiger partial charge in [0.05, 0.1) is 6.10 Å². The highest BCUT2D eigenvalue weighted by Gasteiger charge is 2.35. The first kappa shape index (κ1) is 13.8. The van der Waals surface area contributed by atoms with E-state index in [1.54, 1.807) is 0 Å². The third-order valence-electron chi connectivity index (χ3n) is 4.54. The maximum absolute atomic E-state index is 10.9. The van der Waals surface area contributed by atoms with Gasteiger partial charge in [-0.15, -0.1) is 0 Å². The molecule has 0 amide bonds. The van der Waals surface area contributed by atoms with Crippen LogP contribution in [0.1, 0.15) is 40.0 Å². The Bertz CT molecular complexity index is 307. The van der Waals surface area contributed by atoms with Crippen LogP contribution in [0, 0.1) is 11.8 Å². The molecule has 4 nitrogen and oxygen atoms in total. The lowest BCUT2D eigenvalue weighted by atomic mass is 9.86. The average molecular weight is 255 g/mol. The van der Waals surface area contributed by atoms with Gasteiger partial charge in [-0.1, -0.05) is 13.8 Å². The third kappa shape index (κ3) is 3.04. The van der Waals surface area contributed by atoms with Gasteiger partial charge < -0.3 is 9.84 Å². The standard InChI is InChI=1S/C14H25NO3/c1-9-6-10(2)11(3)15(7-9)8-12-4-5-13(18-12)14(16)17/h9-13H,4-8H2,1-3H3,(H,16,17). The Morgan fingerprint density at radius 2 is 2.06 bits per heavy atom. The van der Waals surface area contributed by atoms with Crippen molar-refractivity contribution in [2.24, 2.45) is 11.8 Å². The minimum atomic E-state index is -0.814. The molecule has 4 heteroatoms. The highest BCUT2D eigenvalue weighted by molar-refractivity contribution is 5.72. The molecule has 5 atom stereocenters. The van der Waals surface area contributed by atoms with Crippen molar-refractivity contribution >= 4 is 5.97 Å². The predicted octanol–water partition coefficient (Wildman–Crippen LogP) is 1.99. The van der Waals surface area contributed by atoms with Crippen molar-refractivity contribution < 1.29 is 14.6 Å². The molecule has 1 N–H and O–H groups in total. The van der Waals surface area contributed by atoms with Crippen molar-refractivity contribution in [3.8, 4) is 0 Å². The number of carboxylic acid groups (broad SMARTS) is 1. The summed E-state index contributed by atoms with van der Waals surface area (Å²) >= 11 is 0. The number of aliphatic carboxylic acids is 1. The molecule has 0 spiro atoms. The molecular formula is C14H25NO3. The van der Waals surface area contributed by atoms with Crippen molar-refractivity contribution in [3.05, 3.63) is 0 Å². The molecule has 0 saturated carbocycles. The molecule has 18 heavy (non-hydrogen) atoms. The Hall–Kier alpha value is -0.610. The lowest BCUT2D eigenvalue weighted by molar-refractivity contribution is -0.150. The summed E-state index contributed by atoms with van der Waals surface area (Å²) in [6.45, 7) is 8.89. The topological polar surface area (TPSA) is 49.8 Å². The molecule has 0 aromatic rings. The number of piperidine rings is 1. The molecule has 2 saturated heterocycles. The van der Waals surface area contributed by atoms with Crippen LogP contribution in [-0.4, -0.2) is 47.3 Å². The van der Waals surface area contributed by atoms with E-state index in [9.17, 15) is 4.79 Å². The van der Waals surface area contributed by atoms with Crippen molar-refractivity contribution in [2.45, 2.75) is 58.3 Å². The van der Waals surface area contributed by atoms with Gasteiger partial charge >= 0.3 is 5.97 Å². The maximum atomic E-state index is 10.9. The molecule has 2 aliphatic rings. The number of carboxylic acids is 1. The molecule has 0 aromatic heterocycles. The van der Waals surface area contributed by atoms with E-state index in [0.717, 1.165) is 25.4 Å². The zero-order valence-electron chi connectivity index (χ0n) is 11.6. The molecule has 5 unspecified atom stereocenters. The summed E-state index contributed by atoms with van der Waals surface area (Å²) in [6, 6.07) is 0.577. The Kier molecular flexibility index (Phi) is 4.28. The molecule has 2 rings (SSSR count). The lowest BCUT2D eigenvalue weighted by Crippen LogP contribution is -2.48. The highest BCUT2D eigenvalue weighted by Crippen LogP contribution is 2.29. The second-order valence-corrected chi connectivity index (χ2v) is 6.17. The van der Waals surface area contributed by atoms with E-state index in [1.165, 1.54) is 6.42 Å². The first-order valence-electron chi connectivity index (χ1n) is 7.09. The Labute approximate surface area is 109 Å². The van der Waals surface area contributed by atoms with Crippen molar-refractivity contribution in [1.29, 1.82) is 0 Å². The molecular weight excluding hydrogens is 230 g/mol. The quantitative estimate of drug-likeness (QED) is 0.838. The van der Waals surface area contributed by atoms with Crippen LogP contribution in [0.5, 0.6) is 0 Å². The number of hydrogen-bond acceptors (Lipinski definition) is 3. The summed E-state index contributed by atoms with van der Waals surface area (Å²) in [6.07, 6.45) is 2.35. The summed E-state index contributed by atoms with van der Waals surface area (Å²) in [4.78, 5) is 13.3. The van der Waals surface area contributed by atoms with E-state index in [2.05, 4.69) is 25.7 Å². The fourth-order valence-electron chi connectivity index (χ4n) is 3.36. The lowest BCUT2D eigenvalue weighted by Gasteiger charge is -2.42. The van der Waals surface area contributed by atoms with Gasteiger partial charge in [-0.25, -0.2) is 4.79 Å². The van der Waals surface area contributed by atoms with Gasteiger partial charge in [0.1, 0.15) is 0 Å². The van der Waals surface area contributed by atoms with E-state index >= 15 is 0 Å². The molecule has 2 heterocycles. The minimum Gasteiger partial charge on any atom is -0.479 e. The summed E-state index contributed by atoms with van der Waals surface area (Å²) in [5, 5.41) is 8.93. The second kappa shape index (κ2) is 5.57. The fourth-order valence-corrected chi connectivity index (χ4v) is 3.36. The zero-order chi connectivity index (χ0) is 13.3. The summed E-state index contributed by atoms with van der Waals surface area (Å²) in [7, 11) is 0. The average Bonchev–Trinajstić information content (AvgIpc) is 2.74. The van der Waals surface area contributed by atoms with Crippen LogP contribution in [0.2, 0.25) is 0 Å². The summed E-state index contributed by atoms with van der Waals surface area (Å²) < 4.78 is 5.60. The van der Waals surface area contributed by atoms with Gasteiger partial charge in [-0.05, 0) is 38.0 Å². The van der Waals surface area contributed by atoms with Crippen LogP contribution in [-0.2, 0) is 9.53 Å². The van der Waals surface area contributed by atoms with E-state index in [1.807, 2.05) is 0 Å². The summed E-state index contributed by atoms with van der Waals surface area (Å²) in [5.74, 6) is 0.629. The van der Waals surface area contributed by atoms with Gasteiger partial charge in [0, 0.05) is 19.1 Å². The highest BCUT2D eigenvalue weighted by atomic mass is 16.5. The van der Waals surface area contributed by atoms with E-state index in [-0.39, 0.29) is 6.10 Å². The second-order valence-electron chi connectivity index (χ2n) is 6.17. The van der Waals surface area contributed by atoms with Crippen LogP contribution in [0.3, 0.4) is 0 Å². The summed E-state index contributed by atoms with van der Waals surface area (Å²) in [5.41, 5.74) is 0. The maximum Gasteiger partial charge on any atom is 0.332 e. The van der Waals surface area contributed by atoms with Crippen LogP contribution in [0.15, 0.2) is 0 Å². The first-order valence-corrected chi connectivity index (χ1v) is 7.09. The van der Waals surface area contributed by atoms with Crippen molar-refractivity contribution in [2.75, 3.05) is 13.1 Å². The van der Waals surface area contributed by atoms with Crippen LogP contribution < -0.4 is 0 Å². The van der Waals surface area contributed by atoms with Crippen LogP contribution in [0.4, 0.5) is 0 Å². The van der Waals surface area contributed by atoms with Crippen molar-refractivity contribution in [3.63, 3.8) is 0 Å². The van der Waals surface area contributed by atoms with Gasteiger partial charge in [-0.3, -0.25) is 4.90 Å². The molecule has 104 valence electrons. The minimum absolute atomic E-state index is 0.103. The molecule has 0 aliphatic carbocycles. The van der Waals surface area contributed by atoms with E-state index < -0.39 is 12.1 Å². The van der Waals surface area contributed by atoms with E-state index in [4.69, 9.17) is 9.84 Å². The SMILES string of the molecule is CC1CC(C)C(C)N(CC2CCC(C(=O)O)O2)C1. The monoisotopic (exact) mass is 255 g/mol. The smallest absolute Gasteiger partial charge is 0.332 e. The zero-order valence-corrected chi connectivity index (χ0v) is 11.6. The number of hydrogen-bond donors (Lipinski definition) is 1. The van der Waals surface area contributed by atoms with Crippen molar-refractivity contribution in [1.82, 2.24) is 4.90 Å². The van der Waals surface area contributed by atoms with E-state index in [0.29, 0.717) is 18.4 Å². The third-order valence-corrected chi connectivity index (χ3v) is 4.54. The Balaban J connectivity index is 1.87. The fraction of sp³-hybridized carbons (Fsp3) is 0.929. The first-order chi connectivity index (χ1) is 8.47. The van der Waals surface area contributed by atoms with Crippen LogP contribution in [0.25, 0.3) is 0 Å². The molecule has 0 aromatic carbocycles. The molecule has 2 fully saturated rings. The Morgan fingerprint density at radius 3 is 2.67 bits per heavy atom. The van der Waals surface area contributed by atoms with Gasteiger partial charge in [-0.2, -0.15) is 0 Å². The Morgan fingerprint density at radius 1 is 1.33 bits per heavy atom. The molecule has 0 radical (unpaired) electrons. The number of nitrogens with zero attached hydrogens (tertiary/aromatic N) is 1. The normalized spacial score (nSPS) is 42.1. The van der Waals surface area contributed by atoms with Gasteiger partial charge in [0.15, 0.2) is 6.10 Å². The largest absolute Gasteiger partial charge is 0.479 e.